The van der Waals surface area contributed by atoms with E-state index in [1.54, 1.807) is 6.20 Å². The van der Waals surface area contributed by atoms with E-state index < -0.39 is 0 Å². The highest BCUT2D eigenvalue weighted by Gasteiger charge is 2.32. The van der Waals surface area contributed by atoms with Gasteiger partial charge in [-0.15, -0.1) is 0 Å². The lowest BCUT2D eigenvalue weighted by molar-refractivity contribution is 0.0817. The maximum Gasteiger partial charge on any atom is 0.271 e. The Hall–Kier alpha value is -2.28. The predicted molar refractivity (Wildman–Crippen MR) is 74.5 cm³/mol. The molecule has 0 bridgehead atoms. The Morgan fingerprint density at radius 1 is 1.48 bits per heavy atom. The van der Waals surface area contributed by atoms with Gasteiger partial charge in [0.05, 0.1) is 18.4 Å². The number of amides is 1. The minimum Gasteiger partial charge on any atom is -0.371 e. The van der Waals surface area contributed by atoms with Crippen molar-refractivity contribution in [2.45, 2.75) is 32.0 Å². The number of nitrogens with one attached hydrogen (secondary N) is 1. The summed E-state index contributed by atoms with van der Waals surface area (Å²) in [5, 5.41) is 7.22. The first-order valence-electron chi connectivity index (χ1n) is 6.98. The van der Waals surface area contributed by atoms with Crippen LogP contribution in [0.1, 0.15) is 35.5 Å². The van der Waals surface area contributed by atoms with Gasteiger partial charge >= 0.3 is 0 Å². The monoisotopic (exact) mass is 287 g/mol. The number of aromatic nitrogens is 4. The van der Waals surface area contributed by atoms with Gasteiger partial charge in [0.15, 0.2) is 0 Å². The van der Waals surface area contributed by atoms with Crippen LogP contribution in [0.15, 0.2) is 31.0 Å². The number of nitrogens with zero attached hydrogens (tertiary/aromatic N) is 4. The summed E-state index contributed by atoms with van der Waals surface area (Å²) in [6.45, 7) is 3.45. The highest BCUT2D eigenvalue weighted by molar-refractivity contribution is 5.92. The molecule has 2 aromatic heterocycles. The third-order valence-corrected chi connectivity index (χ3v) is 3.51. The van der Waals surface area contributed by atoms with E-state index in [1.807, 2.05) is 17.8 Å². The molecule has 2 aromatic rings. The molecule has 0 aliphatic carbocycles. The summed E-state index contributed by atoms with van der Waals surface area (Å²) >= 11 is 0. The molecule has 3 rings (SSSR count). The lowest BCUT2D eigenvalue weighted by atomic mass is 10.1. The molecule has 3 heterocycles. The molecule has 1 aliphatic heterocycles. The van der Waals surface area contributed by atoms with Crippen LogP contribution in [0.3, 0.4) is 0 Å². The van der Waals surface area contributed by atoms with Crippen molar-refractivity contribution in [1.29, 1.82) is 0 Å². The highest BCUT2D eigenvalue weighted by Crippen LogP contribution is 2.29. The first kappa shape index (κ1) is 13.7. The van der Waals surface area contributed by atoms with E-state index in [4.69, 9.17) is 4.74 Å². The predicted octanol–water partition coefficient (Wildman–Crippen LogP) is 0.953. The van der Waals surface area contributed by atoms with Crippen LogP contribution in [-0.4, -0.2) is 38.3 Å². The Bertz CT molecular complexity index is 613. The molecule has 0 saturated carbocycles. The molecule has 0 unspecified atom stereocenters. The van der Waals surface area contributed by atoms with Crippen molar-refractivity contribution in [2.75, 3.05) is 6.61 Å². The molecule has 0 spiro atoms. The van der Waals surface area contributed by atoms with Gasteiger partial charge in [-0.2, -0.15) is 5.10 Å². The van der Waals surface area contributed by atoms with Gasteiger partial charge in [-0.05, 0) is 13.3 Å². The fourth-order valence-corrected chi connectivity index (χ4v) is 2.42. The second-order valence-electron chi connectivity index (χ2n) is 4.88. The molecule has 110 valence electrons. The molecule has 0 radical (unpaired) electrons. The van der Waals surface area contributed by atoms with Gasteiger partial charge in [-0.3, -0.25) is 14.5 Å². The van der Waals surface area contributed by atoms with Crippen molar-refractivity contribution in [1.82, 2.24) is 25.1 Å². The number of aryl methyl sites for hydroxylation is 1. The van der Waals surface area contributed by atoms with Gasteiger partial charge < -0.3 is 10.1 Å². The van der Waals surface area contributed by atoms with E-state index in [1.165, 1.54) is 18.6 Å². The normalized spacial score (nSPS) is 21.4. The quantitative estimate of drug-likeness (QED) is 0.905. The van der Waals surface area contributed by atoms with Crippen molar-refractivity contribution < 1.29 is 9.53 Å². The lowest BCUT2D eigenvalue weighted by Gasteiger charge is -2.18. The summed E-state index contributed by atoms with van der Waals surface area (Å²) < 4.78 is 7.59. The van der Waals surface area contributed by atoms with Crippen molar-refractivity contribution >= 4 is 5.91 Å². The maximum atomic E-state index is 12.1. The summed E-state index contributed by atoms with van der Waals surface area (Å²) in [4.78, 5) is 20.1. The molecular weight excluding hydrogens is 270 g/mol. The van der Waals surface area contributed by atoms with Crippen LogP contribution < -0.4 is 5.32 Å². The van der Waals surface area contributed by atoms with E-state index in [2.05, 4.69) is 20.4 Å². The molecule has 0 aromatic carbocycles. The molecule has 21 heavy (non-hydrogen) atoms. The first-order valence-corrected chi connectivity index (χ1v) is 6.98. The van der Waals surface area contributed by atoms with Gasteiger partial charge in [0.1, 0.15) is 11.8 Å². The molecule has 1 amide bonds. The van der Waals surface area contributed by atoms with Gasteiger partial charge in [0.25, 0.3) is 5.91 Å². The van der Waals surface area contributed by atoms with Gasteiger partial charge in [0, 0.05) is 37.3 Å². The first-order chi connectivity index (χ1) is 10.3. The average Bonchev–Trinajstić information content (AvgIpc) is 3.16. The standard InChI is InChI=1S/C14H17N5O2/c1-2-19-9-10(7-17-19)13-11(3-6-21-13)18-14(20)12-8-15-4-5-16-12/h4-5,7-9,11,13H,2-3,6H2,1H3,(H,18,20)/t11-,13+/m0/s1. The average molecular weight is 287 g/mol. The zero-order valence-corrected chi connectivity index (χ0v) is 11.8. The minimum atomic E-state index is -0.230. The summed E-state index contributed by atoms with van der Waals surface area (Å²) in [6.07, 6.45) is 8.85. The van der Waals surface area contributed by atoms with Crippen molar-refractivity contribution in [3.05, 3.63) is 42.2 Å². The Morgan fingerprint density at radius 3 is 3.10 bits per heavy atom. The maximum absolute atomic E-state index is 12.1. The number of hydrogen-bond acceptors (Lipinski definition) is 5. The highest BCUT2D eigenvalue weighted by atomic mass is 16.5. The largest absolute Gasteiger partial charge is 0.371 e. The fourth-order valence-electron chi connectivity index (χ4n) is 2.42. The molecular formula is C14H17N5O2. The topological polar surface area (TPSA) is 81.9 Å². The number of carbonyl (C=O) groups is 1. The van der Waals surface area contributed by atoms with E-state index >= 15 is 0 Å². The number of hydrogen-bond donors (Lipinski definition) is 1. The van der Waals surface area contributed by atoms with Crippen LogP contribution in [-0.2, 0) is 11.3 Å². The van der Waals surface area contributed by atoms with Crippen LogP contribution in [0.5, 0.6) is 0 Å². The fraction of sp³-hybridized carbons (Fsp3) is 0.429. The Morgan fingerprint density at radius 2 is 2.38 bits per heavy atom. The van der Waals surface area contributed by atoms with Gasteiger partial charge in [0.2, 0.25) is 0 Å². The summed E-state index contributed by atoms with van der Waals surface area (Å²) in [5.74, 6) is -0.230. The van der Waals surface area contributed by atoms with E-state index in [0.717, 1.165) is 18.5 Å². The molecule has 1 aliphatic rings. The molecule has 7 heteroatoms. The second kappa shape index (κ2) is 6.01. The SMILES string of the molecule is CCn1cc([C@H]2OCC[C@@H]2NC(=O)c2cnccn2)cn1. The van der Waals surface area contributed by atoms with Crippen LogP contribution in [0.25, 0.3) is 0 Å². The van der Waals surface area contributed by atoms with Gasteiger partial charge in [-0.25, -0.2) is 4.98 Å². The van der Waals surface area contributed by atoms with Crippen LogP contribution in [0, 0.1) is 0 Å². The van der Waals surface area contributed by atoms with Gasteiger partial charge in [-0.1, -0.05) is 0 Å². The second-order valence-corrected chi connectivity index (χ2v) is 4.88. The summed E-state index contributed by atoms with van der Waals surface area (Å²) in [5.41, 5.74) is 1.30. The lowest BCUT2D eigenvalue weighted by Crippen LogP contribution is -2.37. The van der Waals surface area contributed by atoms with Crippen molar-refractivity contribution in [3.8, 4) is 0 Å². The molecule has 7 nitrogen and oxygen atoms in total. The zero-order valence-electron chi connectivity index (χ0n) is 11.8. The third-order valence-electron chi connectivity index (χ3n) is 3.51. The number of ether oxygens (including phenoxy) is 1. The Balaban J connectivity index is 1.71. The molecule has 2 atom stereocenters. The smallest absolute Gasteiger partial charge is 0.271 e. The third kappa shape index (κ3) is 2.92. The molecule has 1 saturated heterocycles. The van der Waals surface area contributed by atoms with E-state index in [9.17, 15) is 4.79 Å². The van der Waals surface area contributed by atoms with Crippen LogP contribution in [0.2, 0.25) is 0 Å². The minimum absolute atomic E-state index is 0.0750. The van der Waals surface area contributed by atoms with Crippen molar-refractivity contribution in [3.63, 3.8) is 0 Å². The molecule has 1 fully saturated rings. The van der Waals surface area contributed by atoms with E-state index in [-0.39, 0.29) is 18.1 Å². The zero-order chi connectivity index (χ0) is 14.7. The summed E-state index contributed by atoms with van der Waals surface area (Å²) in [7, 11) is 0. The van der Waals surface area contributed by atoms with Crippen LogP contribution >= 0.6 is 0 Å². The van der Waals surface area contributed by atoms with Crippen molar-refractivity contribution in [2.24, 2.45) is 0 Å². The Kier molecular flexibility index (Phi) is 3.92. The number of carbonyl (C=O) groups excluding carboxylic acids is 1. The molecule has 1 N–H and O–H groups in total. The van der Waals surface area contributed by atoms with E-state index in [0.29, 0.717) is 12.3 Å². The summed E-state index contributed by atoms with van der Waals surface area (Å²) in [6, 6.07) is -0.0750. The number of rotatable bonds is 4. The van der Waals surface area contributed by atoms with Crippen LogP contribution in [0.4, 0.5) is 0 Å². The Labute approximate surface area is 122 Å².